The van der Waals surface area contributed by atoms with Crippen molar-refractivity contribution >= 4 is 44.8 Å². The molecular weight excluding hydrogens is 520 g/mol. The molecule has 0 bridgehead atoms. The number of anilines is 1. The number of likely N-dealkylation sites (tertiary alicyclic amines) is 1. The van der Waals surface area contributed by atoms with Crippen molar-refractivity contribution in [2.75, 3.05) is 38.6 Å². The lowest BCUT2D eigenvalue weighted by molar-refractivity contribution is -0.125. The molecule has 2 aliphatic heterocycles. The molecule has 0 radical (unpaired) electrons. The first-order chi connectivity index (χ1) is 17.7. The predicted molar refractivity (Wildman–Crippen MR) is 138 cm³/mol. The summed E-state index contributed by atoms with van der Waals surface area (Å²) in [5, 5.41) is 6.73. The lowest BCUT2D eigenvalue weighted by atomic mass is 9.87. The number of nitrogens with zero attached hydrogens (tertiary/aromatic N) is 1. The second-order valence-electron chi connectivity index (χ2n) is 9.00. The molecular formula is C24H30N4O7S2. The van der Waals surface area contributed by atoms with E-state index in [1.165, 1.54) is 32.4 Å². The fourth-order valence-corrected chi connectivity index (χ4v) is 6.66. The standard InChI is InChI=1S/C24H30N4O7S2/c1-34-19-15-20(35-2)17(27-37(32,33)21-7-5-13-36-21)14-16(19)18(29)6-3-4-10-28-11-8-24(9-12-28)22(30)25-23(31)26-24/h5,7,13-15,27H,3-4,6,8-12H2,1-2H3,(H2,25,26,30,31). The number of hydrogen-bond acceptors (Lipinski definition) is 9. The average Bonchev–Trinajstić information content (AvgIpc) is 3.51. The van der Waals surface area contributed by atoms with Crippen LogP contribution in [0, 0.1) is 0 Å². The molecule has 11 nitrogen and oxygen atoms in total. The number of amides is 3. The molecule has 2 fully saturated rings. The number of rotatable bonds is 11. The van der Waals surface area contributed by atoms with Crippen LogP contribution in [-0.4, -0.2) is 70.4 Å². The van der Waals surface area contributed by atoms with Gasteiger partial charge >= 0.3 is 6.03 Å². The van der Waals surface area contributed by atoms with Crippen LogP contribution in [0.1, 0.15) is 42.5 Å². The minimum absolute atomic E-state index is 0.151. The Morgan fingerprint density at radius 3 is 2.46 bits per heavy atom. The first-order valence-electron chi connectivity index (χ1n) is 11.9. The maximum absolute atomic E-state index is 13.1. The van der Waals surface area contributed by atoms with Crippen molar-refractivity contribution in [3.63, 3.8) is 0 Å². The molecule has 4 rings (SSSR count). The van der Waals surface area contributed by atoms with Crippen molar-refractivity contribution in [1.82, 2.24) is 15.5 Å². The predicted octanol–water partition coefficient (Wildman–Crippen LogP) is 2.59. The van der Waals surface area contributed by atoms with Gasteiger partial charge in [-0.3, -0.25) is 19.6 Å². The van der Waals surface area contributed by atoms with E-state index in [2.05, 4.69) is 20.3 Å². The molecule has 0 unspecified atom stereocenters. The second kappa shape index (κ2) is 11.1. The first kappa shape index (κ1) is 26.9. The SMILES string of the molecule is COc1cc(OC)c(C(=O)CCCCN2CCC3(CC2)NC(=O)NC3=O)cc1NS(=O)(=O)c1cccs1. The molecule has 3 heterocycles. The van der Waals surface area contributed by atoms with E-state index in [9.17, 15) is 22.8 Å². The second-order valence-corrected chi connectivity index (χ2v) is 11.9. The molecule has 3 N–H and O–H groups in total. The third-order valence-corrected chi connectivity index (χ3v) is 9.44. The molecule has 200 valence electrons. The van der Waals surface area contributed by atoms with E-state index in [-0.39, 0.29) is 39.3 Å². The van der Waals surface area contributed by atoms with Gasteiger partial charge in [0.25, 0.3) is 15.9 Å². The molecule has 1 spiro atoms. The minimum Gasteiger partial charge on any atom is -0.496 e. The monoisotopic (exact) mass is 550 g/mol. The van der Waals surface area contributed by atoms with Gasteiger partial charge in [0.1, 0.15) is 21.2 Å². The molecule has 1 aromatic carbocycles. The number of benzene rings is 1. The fraction of sp³-hybridized carbons (Fsp3) is 0.458. The van der Waals surface area contributed by atoms with E-state index in [1.54, 1.807) is 11.4 Å². The number of piperidine rings is 1. The van der Waals surface area contributed by atoms with Crippen molar-refractivity contribution in [1.29, 1.82) is 0 Å². The van der Waals surface area contributed by atoms with Crippen molar-refractivity contribution in [2.24, 2.45) is 0 Å². The average molecular weight is 551 g/mol. The highest BCUT2D eigenvalue weighted by molar-refractivity contribution is 7.94. The summed E-state index contributed by atoms with van der Waals surface area (Å²) >= 11 is 1.09. The smallest absolute Gasteiger partial charge is 0.322 e. The molecule has 37 heavy (non-hydrogen) atoms. The zero-order valence-corrected chi connectivity index (χ0v) is 22.3. The molecule has 1 aromatic heterocycles. The summed E-state index contributed by atoms with van der Waals surface area (Å²) in [6.45, 7) is 2.13. The van der Waals surface area contributed by atoms with Crippen LogP contribution in [0.2, 0.25) is 0 Å². The van der Waals surface area contributed by atoms with Gasteiger partial charge in [0.15, 0.2) is 5.78 Å². The summed E-state index contributed by atoms with van der Waals surface area (Å²) in [4.78, 5) is 38.9. The summed E-state index contributed by atoms with van der Waals surface area (Å²) in [5.41, 5.74) is -0.364. The van der Waals surface area contributed by atoms with E-state index in [1.807, 2.05) is 0 Å². The van der Waals surface area contributed by atoms with E-state index < -0.39 is 21.6 Å². The van der Waals surface area contributed by atoms with Crippen LogP contribution >= 0.6 is 11.3 Å². The third-order valence-electron chi connectivity index (χ3n) is 6.68. The Hall–Kier alpha value is -3.16. The summed E-state index contributed by atoms with van der Waals surface area (Å²) in [5.74, 6) is 0.120. The molecule has 2 saturated heterocycles. The number of unbranched alkanes of at least 4 members (excludes halogenated alkanes) is 1. The normalized spacial score (nSPS) is 17.4. The molecule has 0 atom stereocenters. The molecule has 2 aromatic rings. The van der Waals surface area contributed by atoms with Crippen LogP contribution in [0.5, 0.6) is 11.5 Å². The summed E-state index contributed by atoms with van der Waals surface area (Å²) in [6.07, 6.45) is 2.76. The number of sulfonamides is 1. The topological polar surface area (TPSA) is 143 Å². The largest absolute Gasteiger partial charge is 0.496 e. The molecule has 0 saturated carbocycles. The Morgan fingerprint density at radius 2 is 1.86 bits per heavy atom. The number of imide groups is 1. The summed E-state index contributed by atoms with van der Waals surface area (Å²) in [6, 6.07) is 5.66. The van der Waals surface area contributed by atoms with Crippen molar-refractivity contribution in [2.45, 2.75) is 41.9 Å². The number of ketones is 1. The minimum atomic E-state index is -3.83. The fourth-order valence-electron chi connectivity index (χ4n) is 4.60. The van der Waals surface area contributed by atoms with Gasteiger partial charge in [0.05, 0.1) is 25.5 Å². The number of hydrogen-bond donors (Lipinski definition) is 3. The van der Waals surface area contributed by atoms with Crippen LogP contribution in [0.4, 0.5) is 10.5 Å². The molecule has 0 aliphatic carbocycles. The highest BCUT2D eigenvalue weighted by Crippen LogP contribution is 2.35. The zero-order chi connectivity index (χ0) is 26.6. The van der Waals surface area contributed by atoms with Crippen LogP contribution in [0.3, 0.4) is 0 Å². The van der Waals surface area contributed by atoms with Gasteiger partial charge in [-0.25, -0.2) is 13.2 Å². The highest BCUT2D eigenvalue weighted by atomic mass is 32.2. The van der Waals surface area contributed by atoms with Gasteiger partial charge in [0.2, 0.25) is 0 Å². The zero-order valence-electron chi connectivity index (χ0n) is 20.7. The van der Waals surface area contributed by atoms with Crippen LogP contribution in [0.15, 0.2) is 33.9 Å². The lowest BCUT2D eigenvalue weighted by Gasteiger charge is -2.36. The summed E-state index contributed by atoms with van der Waals surface area (Å²) in [7, 11) is -0.977. The van der Waals surface area contributed by atoms with E-state index in [4.69, 9.17) is 9.47 Å². The van der Waals surface area contributed by atoms with Gasteiger partial charge in [-0.1, -0.05) is 6.07 Å². The van der Waals surface area contributed by atoms with Crippen LogP contribution in [-0.2, 0) is 14.8 Å². The number of nitrogens with one attached hydrogen (secondary N) is 3. The van der Waals surface area contributed by atoms with Gasteiger partial charge in [0, 0.05) is 25.6 Å². The number of methoxy groups -OCH3 is 2. The Balaban J connectivity index is 1.34. The maximum Gasteiger partial charge on any atom is 0.322 e. The molecule has 13 heteroatoms. The van der Waals surface area contributed by atoms with E-state index >= 15 is 0 Å². The number of carbonyl (C=O) groups is 3. The van der Waals surface area contributed by atoms with Crippen molar-refractivity contribution < 1.29 is 32.3 Å². The Morgan fingerprint density at radius 1 is 1.14 bits per heavy atom. The molecule has 2 aliphatic rings. The van der Waals surface area contributed by atoms with Crippen LogP contribution < -0.4 is 24.8 Å². The quantitative estimate of drug-likeness (QED) is 0.220. The third kappa shape index (κ3) is 5.89. The van der Waals surface area contributed by atoms with E-state index in [0.717, 1.165) is 24.3 Å². The first-order valence-corrected chi connectivity index (χ1v) is 14.3. The number of thiophene rings is 1. The van der Waals surface area contributed by atoms with Gasteiger partial charge in [-0.15, -0.1) is 11.3 Å². The number of urea groups is 1. The summed E-state index contributed by atoms with van der Waals surface area (Å²) < 4.78 is 38.8. The number of carbonyl (C=O) groups excluding carboxylic acids is 3. The Bertz CT molecular complexity index is 1270. The Kier molecular flexibility index (Phi) is 8.05. The molecule has 3 amide bonds. The highest BCUT2D eigenvalue weighted by Gasteiger charge is 2.47. The number of ether oxygens (including phenoxy) is 2. The van der Waals surface area contributed by atoms with Gasteiger partial charge in [-0.05, 0) is 49.7 Å². The van der Waals surface area contributed by atoms with Crippen molar-refractivity contribution in [3.05, 3.63) is 35.2 Å². The maximum atomic E-state index is 13.1. The van der Waals surface area contributed by atoms with Crippen LogP contribution in [0.25, 0.3) is 0 Å². The van der Waals surface area contributed by atoms with Gasteiger partial charge in [-0.2, -0.15) is 0 Å². The van der Waals surface area contributed by atoms with Gasteiger partial charge < -0.3 is 19.7 Å². The van der Waals surface area contributed by atoms with E-state index in [0.29, 0.717) is 38.1 Å². The lowest BCUT2D eigenvalue weighted by Crippen LogP contribution is -2.54. The Labute approximate surface area is 219 Å². The number of Topliss-reactive ketones (excluding diaryl/α,β-unsaturated/α-hetero) is 1. The van der Waals surface area contributed by atoms with Crippen molar-refractivity contribution in [3.8, 4) is 11.5 Å².